The first-order valence-electron chi connectivity index (χ1n) is 8.17. The van der Waals surface area contributed by atoms with Crippen LogP contribution < -0.4 is 10.6 Å². The zero-order valence-electron chi connectivity index (χ0n) is 14.1. The van der Waals surface area contributed by atoms with Crippen LogP contribution >= 0.6 is 0 Å². The molecule has 2 fully saturated rings. The molecule has 1 aromatic heterocycles. The number of nitrogens with two attached hydrogens (primary N) is 1. The van der Waals surface area contributed by atoms with Crippen molar-refractivity contribution in [2.24, 2.45) is 5.92 Å². The molecule has 0 bridgehead atoms. The molecule has 1 atom stereocenters. The maximum absolute atomic E-state index is 12.1. The fourth-order valence-electron chi connectivity index (χ4n) is 2.87. The Labute approximate surface area is 136 Å². The summed E-state index contributed by atoms with van der Waals surface area (Å²) in [6.07, 6.45) is 2.12. The minimum Gasteiger partial charge on any atom is -0.368 e. The van der Waals surface area contributed by atoms with E-state index in [1.54, 1.807) is 0 Å². The summed E-state index contributed by atoms with van der Waals surface area (Å²) in [4.78, 5) is 31.2. The first-order chi connectivity index (χ1) is 11.0. The third-order valence-corrected chi connectivity index (χ3v) is 4.53. The van der Waals surface area contributed by atoms with Crippen LogP contribution in [-0.4, -0.2) is 70.9 Å². The van der Waals surface area contributed by atoms with E-state index in [1.807, 2.05) is 23.9 Å². The lowest BCUT2D eigenvalue weighted by molar-refractivity contribution is -0.134. The molecule has 2 heterocycles. The van der Waals surface area contributed by atoms with Gasteiger partial charge in [0.2, 0.25) is 17.8 Å². The van der Waals surface area contributed by atoms with E-state index >= 15 is 0 Å². The molecule has 0 aromatic carbocycles. The van der Waals surface area contributed by atoms with E-state index in [4.69, 9.17) is 5.73 Å². The third kappa shape index (κ3) is 3.52. The zero-order valence-corrected chi connectivity index (χ0v) is 14.1. The number of aromatic nitrogens is 3. The van der Waals surface area contributed by atoms with E-state index in [-0.39, 0.29) is 12.0 Å². The van der Waals surface area contributed by atoms with Gasteiger partial charge in [-0.25, -0.2) is 0 Å². The molecule has 0 radical (unpaired) electrons. The molecule has 23 heavy (non-hydrogen) atoms. The van der Waals surface area contributed by atoms with Crippen molar-refractivity contribution >= 4 is 17.8 Å². The van der Waals surface area contributed by atoms with Crippen LogP contribution in [0.15, 0.2) is 0 Å². The van der Waals surface area contributed by atoms with Crippen molar-refractivity contribution < 1.29 is 4.79 Å². The fourth-order valence-corrected chi connectivity index (χ4v) is 2.87. The van der Waals surface area contributed by atoms with Gasteiger partial charge in [-0.05, 0) is 19.8 Å². The van der Waals surface area contributed by atoms with Crippen molar-refractivity contribution in [3.8, 4) is 0 Å². The molecule has 2 aliphatic rings. The van der Waals surface area contributed by atoms with Gasteiger partial charge in [0.05, 0.1) is 6.04 Å². The van der Waals surface area contributed by atoms with Crippen molar-refractivity contribution in [1.82, 2.24) is 24.8 Å². The number of amides is 1. The third-order valence-electron chi connectivity index (χ3n) is 4.53. The normalized spacial score (nSPS) is 20.4. The topological polar surface area (TPSA) is 91.5 Å². The SMILES string of the molecule is CC(c1nc(N)nc(N(C)C)n1)N1CCN(C(=O)C2CC2)CC1. The summed E-state index contributed by atoms with van der Waals surface area (Å²) >= 11 is 0. The van der Waals surface area contributed by atoms with Crippen LogP contribution in [0.2, 0.25) is 0 Å². The van der Waals surface area contributed by atoms with Crippen LogP contribution in [0.25, 0.3) is 0 Å². The second-order valence-corrected chi connectivity index (χ2v) is 6.56. The minimum absolute atomic E-state index is 0.0529. The van der Waals surface area contributed by atoms with E-state index in [2.05, 4.69) is 26.8 Å². The lowest BCUT2D eigenvalue weighted by Crippen LogP contribution is -2.50. The molecule has 1 saturated carbocycles. The maximum atomic E-state index is 12.1. The Morgan fingerprint density at radius 3 is 2.39 bits per heavy atom. The number of anilines is 2. The molecule has 2 N–H and O–H groups in total. The molecule has 0 spiro atoms. The van der Waals surface area contributed by atoms with Gasteiger partial charge in [0, 0.05) is 46.2 Å². The van der Waals surface area contributed by atoms with Crippen LogP contribution in [0.5, 0.6) is 0 Å². The van der Waals surface area contributed by atoms with Crippen LogP contribution in [-0.2, 0) is 4.79 Å². The minimum atomic E-state index is 0.0529. The summed E-state index contributed by atoms with van der Waals surface area (Å²) in [5, 5.41) is 0. The quantitative estimate of drug-likeness (QED) is 0.843. The summed E-state index contributed by atoms with van der Waals surface area (Å²) in [5.41, 5.74) is 5.81. The van der Waals surface area contributed by atoms with E-state index in [0.29, 0.717) is 23.6 Å². The van der Waals surface area contributed by atoms with Crippen LogP contribution in [0.3, 0.4) is 0 Å². The van der Waals surface area contributed by atoms with Gasteiger partial charge in [-0.15, -0.1) is 0 Å². The predicted octanol–water partition coefficient (Wildman–Crippen LogP) is 0.135. The van der Waals surface area contributed by atoms with Crippen molar-refractivity contribution in [2.75, 3.05) is 50.9 Å². The lowest BCUT2D eigenvalue weighted by atomic mass is 10.2. The number of carbonyl (C=O) groups excluding carboxylic acids is 1. The molecular weight excluding hydrogens is 294 g/mol. The van der Waals surface area contributed by atoms with E-state index in [1.165, 1.54) is 0 Å². The van der Waals surface area contributed by atoms with Crippen LogP contribution in [0.4, 0.5) is 11.9 Å². The number of hydrogen-bond donors (Lipinski definition) is 1. The van der Waals surface area contributed by atoms with Gasteiger partial charge >= 0.3 is 0 Å². The summed E-state index contributed by atoms with van der Waals surface area (Å²) in [5.74, 6) is 2.12. The van der Waals surface area contributed by atoms with Gasteiger partial charge in [-0.1, -0.05) is 0 Å². The average molecular weight is 319 g/mol. The summed E-state index contributed by atoms with van der Waals surface area (Å²) in [6, 6.07) is 0.0529. The highest BCUT2D eigenvalue weighted by molar-refractivity contribution is 5.81. The Bertz CT molecular complexity index is 579. The van der Waals surface area contributed by atoms with Gasteiger partial charge in [0.15, 0.2) is 5.82 Å². The first kappa shape index (κ1) is 15.9. The molecule has 126 valence electrons. The highest BCUT2D eigenvalue weighted by atomic mass is 16.2. The van der Waals surface area contributed by atoms with Gasteiger partial charge in [-0.3, -0.25) is 9.69 Å². The summed E-state index contributed by atoms with van der Waals surface area (Å²) < 4.78 is 0. The molecule has 1 unspecified atom stereocenters. The average Bonchev–Trinajstić information content (AvgIpc) is 3.38. The molecule has 1 amide bonds. The standard InChI is InChI=1S/C15H25N7O/c1-10(12-17-14(16)19-15(18-12)20(2)3)21-6-8-22(9-7-21)13(23)11-4-5-11/h10-11H,4-9H2,1-3H3,(H2,16,17,18,19). The van der Waals surface area contributed by atoms with Crippen molar-refractivity contribution in [1.29, 1.82) is 0 Å². The molecule has 1 aliphatic heterocycles. The monoisotopic (exact) mass is 319 g/mol. The smallest absolute Gasteiger partial charge is 0.229 e. The van der Waals surface area contributed by atoms with Gasteiger partial charge < -0.3 is 15.5 Å². The first-order valence-corrected chi connectivity index (χ1v) is 8.17. The highest BCUT2D eigenvalue weighted by Gasteiger charge is 2.35. The lowest BCUT2D eigenvalue weighted by Gasteiger charge is -2.37. The maximum Gasteiger partial charge on any atom is 0.229 e. The second kappa shape index (κ2) is 6.27. The Hall–Kier alpha value is -1.96. The molecular formula is C15H25N7O. The highest BCUT2D eigenvalue weighted by Crippen LogP contribution is 2.31. The number of rotatable bonds is 4. The van der Waals surface area contributed by atoms with E-state index in [0.717, 1.165) is 39.0 Å². The fraction of sp³-hybridized carbons (Fsp3) is 0.733. The van der Waals surface area contributed by atoms with Crippen LogP contribution in [0, 0.1) is 5.92 Å². The number of carbonyl (C=O) groups is 1. The number of piperazine rings is 1. The molecule has 3 rings (SSSR count). The largest absolute Gasteiger partial charge is 0.368 e. The van der Waals surface area contributed by atoms with Crippen molar-refractivity contribution in [3.63, 3.8) is 0 Å². The Morgan fingerprint density at radius 2 is 1.83 bits per heavy atom. The molecule has 1 aromatic rings. The summed E-state index contributed by atoms with van der Waals surface area (Å²) in [6.45, 7) is 5.30. The summed E-state index contributed by atoms with van der Waals surface area (Å²) in [7, 11) is 3.76. The Balaban J connectivity index is 1.65. The van der Waals surface area contributed by atoms with Gasteiger partial charge in [0.25, 0.3) is 0 Å². The Morgan fingerprint density at radius 1 is 1.17 bits per heavy atom. The molecule has 8 heteroatoms. The number of nitrogen functional groups attached to an aromatic ring is 1. The van der Waals surface area contributed by atoms with E-state index < -0.39 is 0 Å². The van der Waals surface area contributed by atoms with Crippen LogP contribution in [0.1, 0.15) is 31.6 Å². The second-order valence-electron chi connectivity index (χ2n) is 6.56. The zero-order chi connectivity index (χ0) is 16.6. The van der Waals surface area contributed by atoms with Crippen molar-refractivity contribution in [2.45, 2.75) is 25.8 Å². The number of hydrogen-bond acceptors (Lipinski definition) is 7. The molecule has 1 aliphatic carbocycles. The molecule has 8 nitrogen and oxygen atoms in total. The Kier molecular flexibility index (Phi) is 4.34. The van der Waals surface area contributed by atoms with E-state index in [9.17, 15) is 4.79 Å². The molecule has 1 saturated heterocycles. The number of nitrogens with zero attached hydrogens (tertiary/aromatic N) is 6. The van der Waals surface area contributed by atoms with Crippen molar-refractivity contribution in [3.05, 3.63) is 5.82 Å². The van der Waals surface area contributed by atoms with Gasteiger partial charge in [0.1, 0.15) is 0 Å². The van der Waals surface area contributed by atoms with Gasteiger partial charge in [-0.2, -0.15) is 15.0 Å². The predicted molar refractivity (Wildman–Crippen MR) is 87.9 cm³/mol.